The van der Waals surface area contributed by atoms with Crippen molar-refractivity contribution in [2.24, 2.45) is 0 Å². The highest BCUT2D eigenvalue weighted by atomic mass is 35.5. The van der Waals surface area contributed by atoms with Gasteiger partial charge in [-0.2, -0.15) is 5.10 Å². The molecule has 1 amide bonds. The first kappa shape index (κ1) is 20.5. The van der Waals surface area contributed by atoms with Crippen LogP contribution < -0.4 is 10.6 Å². The van der Waals surface area contributed by atoms with Crippen LogP contribution in [0.4, 0.5) is 0 Å². The third kappa shape index (κ3) is 4.87. The van der Waals surface area contributed by atoms with Gasteiger partial charge in [-0.05, 0) is 37.6 Å². The molecule has 2 unspecified atom stereocenters. The second-order valence-electron chi connectivity index (χ2n) is 6.32. The third-order valence-electron chi connectivity index (χ3n) is 4.50. The maximum Gasteiger partial charge on any atom is 0.272 e. The SMILES string of the molecule is CCc1ccc(C(COC)NC(=O)c2ccn(C3CCCNC3)n2)o1.Cl. The molecule has 0 radical (unpaired) electrons. The number of amides is 1. The van der Waals surface area contributed by atoms with Crippen LogP contribution in [0.3, 0.4) is 0 Å². The number of aromatic nitrogens is 2. The largest absolute Gasteiger partial charge is 0.464 e. The van der Waals surface area contributed by atoms with E-state index in [1.807, 2.05) is 29.9 Å². The minimum Gasteiger partial charge on any atom is -0.464 e. The first-order valence-electron chi connectivity index (χ1n) is 8.85. The summed E-state index contributed by atoms with van der Waals surface area (Å²) >= 11 is 0. The zero-order valence-corrected chi connectivity index (χ0v) is 16.1. The van der Waals surface area contributed by atoms with Gasteiger partial charge in [-0.1, -0.05) is 6.92 Å². The van der Waals surface area contributed by atoms with Gasteiger partial charge in [-0.25, -0.2) is 0 Å². The molecule has 1 fully saturated rings. The first-order chi connectivity index (χ1) is 12.2. The summed E-state index contributed by atoms with van der Waals surface area (Å²) in [5.41, 5.74) is 0.411. The number of ether oxygens (including phenoxy) is 1. The number of methoxy groups -OCH3 is 1. The zero-order valence-electron chi connectivity index (χ0n) is 15.2. The molecule has 0 aliphatic carbocycles. The molecule has 3 heterocycles. The molecular formula is C18H27ClN4O3. The number of nitrogens with one attached hydrogen (secondary N) is 2. The molecule has 0 bridgehead atoms. The number of carbonyl (C=O) groups is 1. The lowest BCUT2D eigenvalue weighted by molar-refractivity contribution is 0.0876. The average molecular weight is 383 g/mol. The highest BCUT2D eigenvalue weighted by Crippen LogP contribution is 2.19. The van der Waals surface area contributed by atoms with Crippen molar-refractivity contribution in [3.63, 3.8) is 0 Å². The molecule has 2 N–H and O–H groups in total. The Balaban J connectivity index is 0.00000243. The van der Waals surface area contributed by atoms with E-state index in [0.717, 1.165) is 38.1 Å². The van der Waals surface area contributed by atoms with Crippen molar-refractivity contribution in [2.45, 2.75) is 38.3 Å². The predicted molar refractivity (Wildman–Crippen MR) is 101 cm³/mol. The van der Waals surface area contributed by atoms with Crippen LogP contribution in [0.15, 0.2) is 28.8 Å². The van der Waals surface area contributed by atoms with Gasteiger partial charge < -0.3 is 19.8 Å². The Bertz CT molecular complexity index is 694. The minimum absolute atomic E-state index is 0. The van der Waals surface area contributed by atoms with Gasteiger partial charge in [0.15, 0.2) is 0 Å². The quantitative estimate of drug-likeness (QED) is 0.768. The molecule has 26 heavy (non-hydrogen) atoms. The topological polar surface area (TPSA) is 81.3 Å². The lowest BCUT2D eigenvalue weighted by Crippen LogP contribution is -2.33. The van der Waals surface area contributed by atoms with Gasteiger partial charge >= 0.3 is 0 Å². The standard InChI is InChI=1S/C18H26N4O3.ClH/c1-3-14-6-7-17(25-14)16(12-24-2)20-18(23)15-8-10-22(21-15)13-5-4-9-19-11-13;/h6-8,10,13,16,19H,3-5,9,11-12H2,1-2H3,(H,20,23);1H. The van der Waals surface area contributed by atoms with E-state index in [9.17, 15) is 4.79 Å². The van der Waals surface area contributed by atoms with E-state index in [2.05, 4.69) is 15.7 Å². The molecule has 2 atom stereocenters. The first-order valence-corrected chi connectivity index (χ1v) is 8.85. The van der Waals surface area contributed by atoms with Crippen molar-refractivity contribution >= 4 is 18.3 Å². The maximum atomic E-state index is 12.6. The van der Waals surface area contributed by atoms with Gasteiger partial charge in [0, 0.05) is 26.3 Å². The van der Waals surface area contributed by atoms with Gasteiger partial charge in [0.05, 0.1) is 12.6 Å². The Labute approximate surface area is 159 Å². The Kier molecular flexibility index (Phi) is 7.68. The molecular weight excluding hydrogens is 356 g/mol. The molecule has 3 rings (SSSR count). The van der Waals surface area contributed by atoms with Gasteiger partial charge in [0.2, 0.25) is 0 Å². The molecule has 2 aromatic heterocycles. The Morgan fingerprint density at radius 3 is 3.00 bits per heavy atom. The third-order valence-corrected chi connectivity index (χ3v) is 4.50. The smallest absolute Gasteiger partial charge is 0.272 e. The fraction of sp³-hybridized carbons (Fsp3) is 0.556. The second-order valence-corrected chi connectivity index (χ2v) is 6.32. The lowest BCUT2D eigenvalue weighted by Gasteiger charge is -2.22. The summed E-state index contributed by atoms with van der Waals surface area (Å²) in [6, 6.07) is 5.54. The van der Waals surface area contributed by atoms with E-state index in [-0.39, 0.29) is 24.4 Å². The van der Waals surface area contributed by atoms with Crippen molar-refractivity contribution in [1.82, 2.24) is 20.4 Å². The van der Waals surface area contributed by atoms with Crippen LogP contribution in [0.1, 0.15) is 53.9 Å². The molecule has 8 heteroatoms. The van der Waals surface area contributed by atoms with Crippen LogP contribution >= 0.6 is 12.4 Å². The highest BCUT2D eigenvalue weighted by molar-refractivity contribution is 5.92. The summed E-state index contributed by atoms with van der Waals surface area (Å²) in [5, 5.41) is 10.8. The van der Waals surface area contributed by atoms with E-state index in [1.54, 1.807) is 13.2 Å². The van der Waals surface area contributed by atoms with Crippen molar-refractivity contribution in [1.29, 1.82) is 0 Å². The highest BCUT2D eigenvalue weighted by Gasteiger charge is 2.22. The number of furan rings is 1. The molecule has 0 spiro atoms. The van der Waals surface area contributed by atoms with E-state index in [4.69, 9.17) is 9.15 Å². The van der Waals surface area contributed by atoms with E-state index >= 15 is 0 Å². The fourth-order valence-corrected chi connectivity index (χ4v) is 3.09. The second kappa shape index (κ2) is 9.75. The van der Waals surface area contributed by atoms with Crippen LogP contribution in [0, 0.1) is 0 Å². The summed E-state index contributed by atoms with van der Waals surface area (Å²) in [6.07, 6.45) is 4.89. The number of hydrogen-bond acceptors (Lipinski definition) is 5. The van der Waals surface area contributed by atoms with E-state index in [0.29, 0.717) is 24.1 Å². The fourth-order valence-electron chi connectivity index (χ4n) is 3.09. The van der Waals surface area contributed by atoms with Crippen molar-refractivity contribution in [3.8, 4) is 0 Å². The number of piperidine rings is 1. The van der Waals surface area contributed by atoms with Gasteiger partial charge in [-0.3, -0.25) is 9.48 Å². The molecule has 144 valence electrons. The molecule has 0 saturated carbocycles. The summed E-state index contributed by atoms with van der Waals surface area (Å²) in [4.78, 5) is 12.6. The van der Waals surface area contributed by atoms with Gasteiger partial charge in [0.1, 0.15) is 23.3 Å². The number of rotatable bonds is 7. The van der Waals surface area contributed by atoms with Crippen LogP contribution in [0.5, 0.6) is 0 Å². The van der Waals surface area contributed by atoms with Crippen LogP contribution in [0.25, 0.3) is 0 Å². The number of nitrogens with zero attached hydrogens (tertiary/aromatic N) is 2. The zero-order chi connectivity index (χ0) is 17.6. The van der Waals surface area contributed by atoms with Crippen molar-refractivity contribution in [3.05, 3.63) is 41.6 Å². The Morgan fingerprint density at radius 2 is 2.35 bits per heavy atom. The van der Waals surface area contributed by atoms with Gasteiger partial charge in [0.25, 0.3) is 5.91 Å². The molecule has 0 aromatic carbocycles. The summed E-state index contributed by atoms with van der Waals surface area (Å²) in [6.45, 7) is 4.31. The number of hydrogen-bond donors (Lipinski definition) is 2. The van der Waals surface area contributed by atoms with Crippen molar-refractivity contribution < 1.29 is 13.9 Å². The minimum atomic E-state index is -0.334. The molecule has 1 aliphatic heterocycles. The van der Waals surface area contributed by atoms with Crippen LogP contribution in [-0.4, -0.2) is 42.5 Å². The van der Waals surface area contributed by atoms with Crippen LogP contribution in [-0.2, 0) is 11.2 Å². The summed E-state index contributed by atoms with van der Waals surface area (Å²) in [7, 11) is 1.60. The van der Waals surface area contributed by atoms with Crippen molar-refractivity contribution in [2.75, 3.05) is 26.8 Å². The summed E-state index contributed by atoms with van der Waals surface area (Å²) in [5.74, 6) is 1.36. The van der Waals surface area contributed by atoms with E-state index in [1.165, 1.54) is 0 Å². The molecule has 1 saturated heterocycles. The van der Waals surface area contributed by atoms with Crippen LogP contribution in [0.2, 0.25) is 0 Å². The maximum absolute atomic E-state index is 12.6. The lowest BCUT2D eigenvalue weighted by atomic mass is 10.1. The Morgan fingerprint density at radius 1 is 1.50 bits per heavy atom. The molecule has 1 aliphatic rings. The van der Waals surface area contributed by atoms with Gasteiger partial charge in [-0.15, -0.1) is 12.4 Å². The number of aryl methyl sites for hydroxylation is 1. The number of halogens is 1. The average Bonchev–Trinajstić information content (AvgIpc) is 3.31. The monoisotopic (exact) mass is 382 g/mol. The summed E-state index contributed by atoms with van der Waals surface area (Å²) < 4.78 is 12.9. The molecule has 7 nitrogen and oxygen atoms in total. The Hall–Kier alpha value is -1.83. The van der Waals surface area contributed by atoms with E-state index < -0.39 is 0 Å². The molecule has 2 aromatic rings. The normalized spacial score (nSPS) is 18.2. The number of carbonyl (C=O) groups excluding carboxylic acids is 1. The predicted octanol–water partition coefficient (Wildman–Crippen LogP) is 2.50.